The molecule has 0 atom stereocenters. The van der Waals surface area contributed by atoms with Crippen LogP contribution in [0.15, 0.2) is 12.2 Å². The normalized spacial score (nSPS) is 10.5. The van der Waals surface area contributed by atoms with Gasteiger partial charge in [0.25, 0.3) is 0 Å². The molecule has 74 valence electrons. The smallest absolute Gasteiger partial charge is 0.373 e. The average Bonchev–Trinajstić information content (AvgIpc) is 1.81. The standard InChI is InChI=1S/C9H15NO3/c1-6(2)7(11)13-8(12)10-9(3,4)5/h1H2,2-5H3,(H,10,12). The second-order valence-corrected chi connectivity index (χ2v) is 3.83. The van der Waals surface area contributed by atoms with Crippen molar-refractivity contribution < 1.29 is 14.3 Å². The lowest BCUT2D eigenvalue weighted by Gasteiger charge is -2.19. The van der Waals surface area contributed by atoms with E-state index in [1.54, 1.807) is 20.8 Å². The molecule has 0 aliphatic carbocycles. The molecule has 0 heterocycles. The summed E-state index contributed by atoms with van der Waals surface area (Å²) in [5.41, 5.74) is -0.212. The Hall–Kier alpha value is -1.32. The molecular formula is C9H15NO3. The van der Waals surface area contributed by atoms with Crippen LogP contribution < -0.4 is 5.32 Å². The third-order valence-electron chi connectivity index (χ3n) is 1.01. The molecule has 0 aromatic heterocycles. The zero-order chi connectivity index (χ0) is 10.6. The van der Waals surface area contributed by atoms with E-state index < -0.39 is 17.6 Å². The number of ether oxygens (including phenoxy) is 1. The molecule has 0 bridgehead atoms. The molecule has 1 amide bonds. The SMILES string of the molecule is C=C(C)C(=O)OC(=O)NC(C)(C)C. The Morgan fingerprint density at radius 1 is 1.31 bits per heavy atom. The Balaban J connectivity index is 4.04. The van der Waals surface area contributed by atoms with Crippen LogP contribution in [0.4, 0.5) is 4.79 Å². The highest BCUT2D eigenvalue weighted by molar-refractivity contribution is 5.94. The van der Waals surface area contributed by atoms with E-state index >= 15 is 0 Å². The minimum Gasteiger partial charge on any atom is -0.373 e. The minimum atomic E-state index is -0.750. The van der Waals surface area contributed by atoms with Crippen molar-refractivity contribution in [3.05, 3.63) is 12.2 Å². The highest BCUT2D eigenvalue weighted by Crippen LogP contribution is 2.00. The van der Waals surface area contributed by atoms with Gasteiger partial charge < -0.3 is 10.1 Å². The van der Waals surface area contributed by atoms with Gasteiger partial charge in [0.2, 0.25) is 0 Å². The molecule has 0 radical (unpaired) electrons. The number of carbonyl (C=O) groups excluding carboxylic acids is 2. The van der Waals surface area contributed by atoms with E-state index in [4.69, 9.17) is 0 Å². The minimum absolute atomic E-state index is 0.198. The van der Waals surface area contributed by atoms with Crippen molar-refractivity contribution in [2.24, 2.45) is 0 Å². The van der Waals surface area contributed by atoms with Crippen LogP contribution in [0.1, 0.15) is 27.7 Å². The molecule has 0 unspecified atom stereocenters. The quantitative estimate of drug-likeness (QED) is 0.383. The molecule has 0 aliphatic heterocycles. The first-order chi connectivity index (χ1) is 5.72. The number of rotatable bonds is 1. The van der Waals surface area contributed by atoms with Gasteiger partial charge >= 0.3 is 12.1 Å². The molecule has 0 rings (SSSR count). The lowest BCUT2D eigenvalue weighted by molar-refractivity contribution is -0.133. The maximum atomic E-state index is 11.0. The highest BCUT2D eigenvalue weighted by Gasteiger charge is 2.17. The van der Waals surface area contributed by atoms with Gasteiger partial charge in [0.1, 0.15) is 0 Å². The van der Waals surface area contributed by atoms with Crippen molar-refractivity contribution in [2.45, 2.75) is 33.2 Å². The Bertz CT molecular complexity index is 238. The van der Waals surface area contributed by atoms with Gasteiger partial charge in [0, 0.05) is 11.1 Å². The van der Waals surface area contributed by atoms with Crippen LogP contribution in [-0.2, 0) is 9.53 Å². The Morgan fingerprint density at radius 2 is 1.77 bits per heavy atom. The van der Waals surface area contributed by atoms with Gasteiger partial charge in [0.15, 0.2) is 0 Å². The number of hydrogen-bond donors (Lipinski definition) is 1. The zero-order valence-electron chi connectivity index (χ0n) is 8.43. The molecule has 0 saturated carbocycles. The summed E-state index contributed by atoms with van der Waals surface area (Å²) in [4.78, 5) is 21.8. The number of esters is 1. The van der Waals surface area contributed by atoms with Crippen molar-refractivity contribution in [1.82, 2.24) is 5.32 Å². The van der Waals surface area contributed by atoms with Crippen LogP contribution in [0.3, 0.4) is 0 Å². The van der Waals surface area contributed by atoms with E-state index in [1.165, 1.54) is 6.92 Å². The summed E-state index contributed by atoms with van der Waals surface area (Å²) in [6, 6.07) is 0. The van der Waals surface area contributed by atoms with E-state index in [-0.39, 0.29) is 5.57 Å². The highest BCUT2D eigenvalue weighted by atomic mass is 16.6. The number of carbonyl (C=O) groups is 2. The molecule has 4 heteroatoms. The summed E-state index contributed by atoms with van der Waals surface area (Å²) < 4.78 is 4.40. The van der Waals surface area contributed by atoms with E-state index in [0.29, 0.717) is 0 Å². The van der Waals surface area contributed by atoms with Crippen molar-refractivity contribution in [2.75, 3.05) is 0 Å². The second-order valence-electron chi connectivity index (χ2n) is 3.83. The summed E-state index contributed by atoms with van der Waals surface area (Å²) in [6.07, 6.45) is -0.750. The number of nitrogens with one attached hydrogen (secondary N) is 1. The predicted octanol–water partition coefficient (Wildman–Crippen LogP) is 1.61. The molecule has 0 aromatic carbocycles. The molecule has 4 nitrogen and oxygen atoms in total. The first-order valence-electron chi connectivity index (χ1n) is 3.92. The summed E-state index contributed by atoms with van der Waals surface area (Å²) in [7, 11) is 0. The van der Waals surface area contributed by atoms with Crippen molar-refractivity contribution in [3.8, 4) is 0 Å². The van der Waals surface area contributed by atoms with Crippen molar-refractivity contribution >= 4 is 12.1 Å². The largest absolute Gasteiger partial charge is 0.415 e. The lowest BCUT2D eigenvalue weighted by Crippen LogP contribution is -2.41. The third kappa shape index (κ3) is 5.90. The van der Waals surface area contributed by atoms with E-state index in [9.17, 15) is 9.59 Å². The summed E-state index contributed by atoms with van der Waals surface area (Å²) in [5.74, 6) is -0.707. The van der Waals surface area contributed by atoms with Crippen LogP contribution in [0.5, 0.6) is 0 Å². The van der Waals surface area contributed by atoms with Crippen LogP contribution in [-0.4, -0.2) is 17.6 Å². The predicted molar refractivity (Wildman–Crippen MR) is 49.2 cm³/mol. The summed E-state index contributed by atoms with van der Waals surface area (Å²) in [6.45, 7) is 10.2. The maximum Gasteiger partial charge on any atom is 0.415 e. The van der Waals surface area contributed by atoms with Gasteiger partial charge in [-0.05, 0) is 27.7 Å². The molecule has 0 spiro atoms. The second kappa shape index (κ2) is 4.07. The Morgan fingerprint density at radius 3 is 2.08 bits per heavy atom. The molecule has 1 N–H and O–H groups in total. The monoisotopic (exact) mass is 185 g/mol. The van der Waals surface area contributed by atoms with Crippen LogP contribution in [0, 0.1) is 0 Å². The lowest BCUT2D eigenvalue weighted by atomic mass is 10.1. The van der Waals surface area contributed by atoms with Crippen LogP contribution >= 0.6 is 0 Å². The molecule has 0 fully saturated rings. The van der Waals surface area contributed by atoms with Crippen LogP contribution in [0.2, 0.25) is 0 Å². The molecule has 0 aromatic rings. The van der Waals surface area contributed by atoms with E-state index in [0.717, 1.165) is 0 Å². The molecule has 13 heavy (non-hydrogen) atoms. The van der Waals surface area contributed by atoms with Gasteiger partial charge in [-0.25, -0.2) is 9.59 Å². The van der Waals surface area contributed by atoms with Gasteiger partial charge in [-0.1, -0.05) is 6.58 Å². The van der Waals surface area contributed by atoms with Crippen LogP contribution in [0.25, 0.3) is 0 Å². The number of amides is 1. The fourth-order valence-electron chi connectivity index (χ4n) is 0.503. The Labute approximate surface area is 78.0 Å². The zero-order valence-corrected chi connectivity index (χ0v) is 8.43. The first kappa shape index (κ1) is 11.7. The average molecular weight is 185 g/mol. The summed E-state index contributed by atoms with van der Waals surface area (Å²) >= 11 is 0. The van der Waals surface area contributed by atoms with Gasteiger partial charge in [-0.2, -0.15) is 0 Å². The topological polar surface area (TPSA) is 55.4 Å². The maximum absolute atomic E-state index is 11.0. The first-order valence-corrected chi connectivity index (χ1v) is 3.92. The summed E-state index contributed by atoms with van der Waals surface area (Å²) in [5, 5.41) is 2.48. The van der Waals surface area contributed by atoms with E-state index in [2.05, 4.69) is 16.6 Å². The van der Waals surface area contributed by atoms with Gasteiger partial charge in [-0.15, -0.1) is 0 Å². The van der Waals surface area contributed by atoms with E-state index in [1.807, 2.05) is 0 Å². The fourth-order valence-corrected chi connectivity index (χ4v) is 0.503. The molecule has 0 aliphatic rings. The number of alkyl carbamates (subject to hydrolysis) is 1. The van der Waals surface area contributed by atoms with Gasteiger partial charge in [0.05, 0.1) is 0 Å². The van der Waals surface area contributed by atoms with Crippen molar-refractivity contribution in [3.63, 3.8) is 0 Å². The molecule has 0 saturated heterocycles. The third-order valence-corrected chi connectivity index (χ3v) is 1.01. The Kier molecular flexibility index (Phi) is 3.66. The molecular weight excluding hydrogens is 170 g/mol. The van der Waals surface area contributed by atoms with Crippen molar-refractivity contribution in [1.29, 1.82) is 0 Å². The fraction of sp³-hybridized carbons (Fsp3) is 0.556. The number of hydrogen-bond acceptors (Lipinski definition) is 3. The van der Waals surface area contributed by atoms with Gasteiger partial charge in [-0.3, -0.25) is 0 Å².